The smallest absolute Gasteiger partial charge is 0.404 e. The number of hydrogen-bond donors (Lipinski definition) is 2. The number of nitrogens with zero attached hydrogens (tertiary/aromatic N) is 5. The molecule has 9 heteroatoms. The van der Waals surface area contributed by atoms with E-state index in [0.29, 0.717) is 5.92 Å². The molecular formula is C26H29IN6O2. The summed E-state index contributed by atoms with van der Waals surface area (Å²) < 4.78 is 3.07. The number of halogens is 1. The third-order valence-electron chi connectivity index (χ3n) is 6.86. The molecule has 0 spiro atoms. The van der Waals surface area contributed by atoms with E-state index in [1.54, 1.807) is 0 Å². The first-order chi connectivity index (χ1) is 16.7. The molecule has 4 aromatic rings. The van der Waals surface area contributed by atoms with Crippen LogP contribution < -0.4 is 10.2 Å². The number of anilines is 1. The first-order valence-corrected chi connectivity index (χ1v) is 12.9. The number of rotatable bonds is 4. The second-order valence-corrected chi connectivity index (χ2v) is 11.5. The van der Waals surface area contributed by atoms with E-state index < -0.39 is 6.09 Å². The fourth-order valence-electron chi connectivity index (χ4n) is 5.20. The molecular weight excluding hydrogens is 555 g/mol. The number of nitrogens with one attached hydrogen (secondary N) is 1. The third kappa shape index (κ3) is 4.78. The van der Waals surface area contributed by atoms with Crippen LogP contribution in [0.25, 0.3) is 28.1 Å². The second kappa shape index (κ2) is 9.25. The highest BCUT2D eigenvalue weighted by atomic mass is 127. The van der Waals surface area contributed by atoms with Crippen LogP contribution in [0, 0.1) is 14.9 Å². The number of pyridine rings is 2. The number of piperidine rings is 1. The number of para-hydroxylation sites is 1. The Morgan fingerprint density at radius 3 is 2.63 bits per heavy atom. The lowest BCUT2D eigenvalue weighted by Crippen LogP contribution is -2.51. The average Bonchev–Trinajstić information content (AvgIpc) is 3.24. The Labute approximate surface area is 217 Å². The second-order valence-electron chi connectivity index (χ2n) is 10.3. The van der Waals surface area contributed by atoms with Crippen LogP contribution in [0.1, 0.15) is 33.6 Å². The van der Waals surface area contributed by atoms with Gasteiger partial charge >= 0.3 is 6.09 Å². The minimum absolute atomic E-state index is 0.0799. The van der Waals surface area contributed by atoms with Crippen LogP contribution in [0.2, 0.25) is 0 Å². The maximum Gasteiger partial charge on any atom is 0.404 e. The van der Waals surface area contributed by atoms with Crippen molar-refractivity contribution in [2.45, 2.75) is 39.7 Å². The van der Waals surface area contributed by atoms with Gasteiger partial charge in [0.1, 0.15) is 5.69 Å². The Bertz CT molecular complexity index is 1390. The summed E-state index contributed by atoms with van der Waals surface area (Å²) in [6.45, 7) is 8.02. The molecule has 0 aliphatic carbocycles. The molecule has 0 radical (unpaired) electrons. The van der Waals surface area contributed by atoms with Gasteiger partial charge in [-0.1, -0.05) is 39.0 Å². The van der Waals surface area contributed by atoms with Crippen molar-refractivity contribution in [2.24, 2.45) is 11.3 Å². The van der Waals surface area contributed by atoms with E-state index in [4.69, 9.17) is 4.98 Å². The van der Waals surface area contributed by atoms with E-state index in [9.17, 15) is 9.90 Å². The Hall–Kier alpha value is -2.95. The lowest BCUT2D eigenvalue weighted by atomic mass is 9.75. The Kier molecular flexibility index (Phi) is 6.29. The molecule has 3 aromatic heterocycles. The molecule has 1 saturated heterocycles. The monoisotopic (exact) mass is 584 g/mol. The minimum atomic E-state index is -0.950. The van der Waals surface area contributed by atoms with Gasteiger partial charge in [-0.2, -0.15) is 0 Å². The lowest BCUT2D eigenvalue weighted by molar-refractivity contribution is 0.142. The van der Waals surface area contributed by atoms with E-state index in [2.05, 4.69) is 88.0 Å². The van der Waals surface area contributed by atoms with E-state index in [1.807, 2.05) is 28.8 Å². The molecule has 1 unspecified atom stereocenters. The molecule has 8 nitrogen and oxygen atoms in total. The summed E-state index contributed by atoms with van der Waals surface area (Å²) in [6, 6.07) is 14.3. The van der Waals surface area contributed by atoms with Crippen LogP contribution >= 0.6 is 22.6 Å². The number of amides is 1. The zero-order valence-electron chi connectivity index (χ0n) is 20.1. The van der Waals surface area contributed by atoms with E-state index >= 15 is 0 Å². The maximum atomic E-state index is 11.4. The SMILES string of the molecule is CC(C)(C)C(NC(=O)O)C1CCN(c2cccc3ccc(-c4nnc5cc(I)ccn45)nc23)CC1. The molecule has 2 N–H and O–H groups in total. The minimum Gasteiger partial charge on any atom is -0.465 e. The first-order valence-electron chi connectivity index (χ1n) is 11.9. The number of hydrogen-bond acceptors (Lipinski definition) is 5. The maximum absolute atomic E-state index is 11.4. The highest BCUT2D eigenvalue weighted by Crippen LogP contribution is 2.35. The van der Waals surface area contributed by atoms with Crippen LogP contribution in [0.5, 0.6) is 0 Å². The zero-order valence-corrected chi connectivity index (χ0v) is 22.2. The zero-order chi connectivity index (χ0) is 24.7. The van der Waals surface area contributed by atoms with Crippen LogP contribution in [0.3, 0.4) is 0 Å². The fourth-order valence-corrected chi connectivity index (χ4v) is 5.64. The molecule has 0 bridgehead atoms. The molecule has 1 aromatic carbocycles. The lowest BCUT2D eigenvalue weighted by Gasteiger charge is -2.42. The van der Waals surface area contributed by atoms with Gasteiger partial charge in [0, 0.05) is 34.3 Å². The van der Waals surface area contributed by atoms with Crippen molar-refractivity contribution in [1.82, 2.24) is 24.9 Å². The number of benzene rings is 1. The molecule has 1 atom stereocenters. The normalized spacial score (nSPS) is 16.1. The van der Waals surface area contributed by atoms with Crippen molar-refractivity contribution in [2.75, 3.05) is 18.0 Å². The van der Waals surface area contributed by atoms with E-state index in [1.165, 1.54) is 0 Å². The quantitative estimate of drug-likeness (QED) is 0.310. The van der Waals surface area contributed by atoms with E-state index in [-0.39, 0.29) is 11.5 Å². The molecule has 1 aliphatic heterocycles. The van der Waals surface area contributed by atoms with E-state index in [0.717, 1.165) is 63.3 Å². The molecule has 1 amide bonds. The summed E-state index contributed by atoms with van der Waals surface area (Å²) in [7, 11) is 0. The summed E-state index contributed by atoms with van der Waals surface area (Å²) >= 11 is 2.27. The average molecular weight is 584 g/mol. The molecule has 1 aliphatic rings. The Morgan fingerprint density at radius 1 is 1.14 bits per heavy atom. The van der Waals surface area contributed by atoms with Crippen molar-refractivity contribution in [3.05, 3.63) is 52.2 Å². The molecule has 35 heavy (non-hydrogen) atoms. The fraction of sp³-hybridized carbons (Fsp3) is 0.385. The van der Waals surface area contributed by atoms with Gasteiger partial charge < -0.3 is 15.3 Å². The first kappa shape index (κ1) is 23.8. The van der Waals surface area contributed by atoms with Gasteiger partial charge in [-0.25, -0.2) is 9.78 Å². The van der Waals surface area contributed by atoms with Crippen LogP contribution in [-0.2, 0) is 0 Å². The van der Waals surface area contributed by atoms with Crippen molar-refractivity contribution >= 4 is 50.9 Å². The molecule has 0 saturated carbocycles. The van der Waals surface area contributed by atoms with Crippen LogP contribution in [-0.4, -0.2) is 49.9 Å². The van der Waals surface area contributed by atoms with Gasteiger partial charge in [-0.15, -0.1) is 10.2 Å². The highest BCUT2D eigenvalue weighted by Gasteiger charge is 2.35. The summed E-state index contributed by atoms with van der Waals surface area (Å²) in [4.78, 5) is 18.8. The molecule has 5 rings (SSSR count). The molecule has 1 fully saturated rings. The summed E-state index contributed by atoms with van der Waals surface area (Å²) in [5.41, 5.74) is 3.49. The summed E-state index contributed by atoms with van der Waals surface area (Å²) in [5, 5.41) is 22.0. The predicted octanol–water partition coefficient (Wildman–Crippen LogP) is 5.45. The van der Waals surface area contributed by atoms with Crippen LogP contribution in [0.4, 0.5) is 10.5 Å². The highest BCUT2D eigenvalue weighted by molar-refractivity contribution is 14.1. The van der Waals surface area contributed by atoms with Gasteiger partial charge in [0.2, 0.25) is 0 Å². The number of carbonyl (C=O) groups is 1. The molecule has 4 heterocycles. The van der Waals surface area contributed by atoms with Gasteiger partial charge in [-0.05, 0) is 71.0 Å². The standard InChI is InChI=1S/C26H29IN6O2/c1-26(2,3)23(29-25(34)35)17-9-12-32(13-10-17)20-6-4-5-16-7-8-19(28-22(16)20)24-31-30-21-15-18(27)11-14-33(21)24/h4-8,11,14-15,17,23,29H,9-10,12-13H2,1-3H3,(H,34,35). The van der Waals surface area contributed by atoms with Gasteiger partial charge in [0.15, 0.2) is 11.5 Å². The third-order valence-corrected chi connectivity index (χ3v) is 7.53. The van der Waals surface area contributed by atoms with Gasteiger partial charge in [-0.3, -0.25) is 4.40 Å². The topological polar surface area (TPSA) is 95.7 Å². The van der Waals surface area contributed by atoms with Crippen LogP contribution in [0.15, 0.2) is 48.7 Å². The largest absolute Gasteiger partial charge is 0.465 e. The molecule has 182 valence electrons. The Morgan fingerprint density at radius 2 is 1.91 bits per heavy atom. The number of carboxylic acid groups (broad SMARTS) is 1. The van der Waals surface area contributed by atoms with Gasteiger partial charge in [0.05, 0.1) is 11.2 Å². The Balaban J connectivity index is 1.44. The van der Waals surface area contributed by atoms with Crippen molar-refractivity contribution < 1.29 is 9.90 Å². The number of aromatic nitrogens is 4. The van der Waals surface area contributed by atoms with Gasteiger partial charge in [0.25, 0.3) is 0 Å². The summed E-state index contributed by atoms with van der Waals surface area (Å²) in [5.74, 6) is 1.02. The van der Waals surface area contributed by atoms with Crippen molar-refractivity contribution in [1.29, 1.82) is 0 Å². The predicted molar refractivity (Wildman–Crippen MR) is 146 cm³/mol. The number of fused-ring (bicyclic) bond motifs is 2. The van der Waals surface area contributed by atoms with Crippen molar-refractivity contribution in [3.8, 4) is 11.5 Å². The summed E-state index contributed by atoms with van der Waals surface area (Å²) in [6.07, 6.45) is 2.87. The van der Waals surface area contributed by atoms with Crippen molar-refractivity contribution in [3.63, 3.8) is 0 Å².